The fourth-order valence-electron chi connectivity index (χ4n) is 3.37. The van der Waals surface area contributed by atoms with Crippen molar-refractivity contribution in [3.8, 4) is 45.5 Å². The summed E-state index contributed by atoms with van der Waals surface area (Å²) in [7, 11) is 3.17. The van der Waals surface area contributed by atoms with Crippen LogP contribution < -0.4 is 14.9 Å². The van der Waals surface area contributed by atoms with E-state index in [1.54, 1.807) is 27.2 Å². The Morgan fingerprint density at radius 1 is 0.824 bits per heavy atom. The van der Waals surface area contributed by atoms with Crippen molar-refractivity contribution in [2.45, 2.75) is 6.92 Å². The van der Waals surface area contributed by atoms with Gasteiger partial charge in [-0.15, -0.1) is 0 Å². The molecule has 0 bridgehead atoms. The molecule has 0 saturated carbocycles. The number of phenolic OH excluding ortho intramolecular Hbond substituents is 2. The van der Waals surface area contributed by atoms with Crippen LogP contribution in [0, 0.1) is 6.92 Å². The molecule has 0 spiro atoms. The summed E-state index contributed by atoms with van der Waals surface area (Å²) < 4.78 is 10.8. The van der Waals surface area contributed by atoms with Gasteiger partial charge >= 0.3 is 0 Å². The molecular weight excluding hydrogens is 432 g/mol. The first-order valence-electron chi connectivity index (χ1n) is 10.5. The van der Waals surface area contributed by atoms with Crippen LogP contribution in [0.15, 0.2) is 71.8 Å². The van der Waals surface area contributed by atoms with E-state index < -0.39 is 0 Å². The number of ether oxygens (including phenoxy) is 2. The highest BCUT2D eigenvalue weighted by Crippen LogP contribution is 2.33. The predicted molar refractivity (Wildman–Crippen MR) is 132 cm³/mol. The number of hydrogen-bond donors (Lipinski definition) is 3. The van der Waals surface area contributed by atoms with Gasteiger partial charge in [-0.25, -0.2) is 15.4 Å². The molecule has 8 nitrogen and oxygen atoms in total. The molecule has 0 aliphatic rings. The Balaban J connectivity index is 1.72. The Kier molecular flexibility index (Phi) is 6.59. The maximum Gasteiger partial charge on any atom is 0.244 e. The van der Waals surface area contributed by atoms with E-state index >= 15 is 0 Å². The zero-order valence-electron chi connectivity index (χ0n) is 19.0. The van der Waals surface area contributed by atoms with E-state index in [0.29, 0.717) is 34.0 Å². The fourth-order valence-corrected chi connectivity index (χ4v) is 3.37. The lowest BCUT2D eigenvalue weighted by Gasteiger charge is -2.11. The lowest BCUT2D eigenvalue weighted by Crippen LogP contribution is -2.01. The number of methoxy groups -OCH3 is 2. The van der Waals surface area contributed by atoms with Crippen LogP contribution in [-0.4, -0.2) is 40.6 Å². The molecule has 4 rings (SSSR count). The summed E-state index contributed by atoms with van der Waals surface area (Å²) in [6.45, 7) is 1.62. The van der Waals surface area contributed by atoms with Gasteiger partial charge in [-0.1, -0.05) is 30.3 Å². The molecule has 0 fully saturated rings. The second kappa shape index (κ2) is 9.91. The number of hydrazone groups is 1. The summed E-state index contributed by atoms with van der Waals surface area (Å²) in [6, 6.07) is 20.3. The summed E-state index contributed by atoms with van der Waals surface area (Å²) in [5.74, 6) is 1.45. The maximum atomic E-state index is 10.2. The minimum Gasteiger partial charge on any atom is -0.508 e. The lowest BCUT2D eigenvalue weighted by molar-refractivity contribution is 0.355. The van der Waals surface area contributed by atoms with Crippen molar-refractivity contribution in [3.05, 3.63) is 77.9 Å². The van der Waals surface area contributed by atoms with Crippen molar-refractivity contribution in [3.63, 3.8) is 0 Å². The van der Waals surface area contributed by atoms with Gasteiger partial charge in [0.1, 0.15) is 11.5 Å². The molecule has 8 heteroatoms. The van der Waals surface area contributed by atoms with Crippen LogP contribution in [0.4, 0.5) is 5.95 Å². The molecule has 0 amide bonds. The third-order valence-electron chi connectivity index (χ3n) is 5.28. The average molecular weight is 457 g/mol. The first-order valence-corrected chi connectivity index (χ1v) is 10.5. The van der Waals surface area contributed by atoms with E-state index in [2.05, 4.69) is 20.5 Å². The first-order chi connectivity index (χ1) is 16.5. The highest BCUT2D eigenvalue weighted by molar-refractivity contribution is 5.85. The number of nitrogens with one attached hydrogen (secondary N) is 1. The largest absolute Gasteiger partial charge is 0.508 e. The van der Waals surface area contributed by atoms with Crippen LogP contribution >= 0.6 is 0 Å². The Morgan fingerprint density at radius 2 is 1.53 bits per heavy atom. The predicted octanol–water partition coefficient (Wildman–Crippen LogP) is 4.99. The van der Waals surface area contributed by atoms with E-state index in [1.165, 1.54) is 12.3 Å². The number of hydrogen-bond acceptors (Lipinski definition) is 8. The van der Waals surface area contributed by atoms with Gasteiger partial charge in [-0.2, -0.15) is 5.10 Å². The standard InChI is InChI=1S/C26H24N4O4/c1-16-22(31)11-9-19(25(16)32)15-27-30-26-28-20(17-7-5-4-6-8-17)14-21(29-26)18-10-12-23(33-2)24(13-18)34-3/h4-15,31-32H,1-3H3,(H,28,29,30)/b27-15+. The Hall–Kier alpha value is -4.59. The second-order valence-corrected chi connectivity index (χ2v) is 7.42. The molecule has 3 aromatic carbocycles. The second-order valence-electron chi connectivity index (χ2n) is 7.42. The average Bonchev–Trinajstić information content (AvgIpc) is 2.88. The highest BCUT2D eigenvalue weighted by atomic mass is 16.5. The quantitative estimate of drug-likeness (QED) is 0.265. The lowest BCUT2D eigenvalue weighted by atomic mass is 10.1. The van der Waals surface area contributed by atoms with Crippen LogP contribution in [0.1, 0.15) is 11.1 Å². The normalized spacial score (nSPS) is 10.9. The minimum atomic E-state index is -0.0458. The molecule has 0 atom stereocenters. The summed E-state index contributed by atoms with van der Waals surface area (Å²) in [6.07, 6.45) is 1.44. The summed E-state index contributed by atoms with van der Waals surface area (Å²) in [5.41, 5.74) is 6.78. The van der Waals surface area contributed by atoms with Gasteiger partial charge in [0.05, 0.1) is 31.8 Å². The Bertz CT molecular complexity index is 1340. The summed E-state index contributed by atoms with van der Waals surface area (Å²) in [5, 5.41) is 24.1. The molecule has 0 saturated heterocycles. The Morgan fingerprint density at radius 3 is 2.24 bits per heavy atom. The number of benzene rings is 3. The van der Waals surface area contributed by atoms with Gasteiger partial charge < -0.3 is 19.7 Å². The van der Waals surface area contributed by atoms with Gasteiger partial charge in [-0.05, 0) is 43.3 Å². The zero-order chi connectivity index (χ0) is 24.1. The number of aromatic hydroxyl groups is 2. The fraction of sp³-hybridized carbons (Fsp3) is 0.115. The SMILES string of the molecule is COc1ccc(-c2cc(-c3ccccc3)nc(N/N=C/c3ccc(O)c(C)c3O)n2)cc1OC. The number of rotatable bonds is 7. The van der Waals surface area contributed by atoms with Crippen LogP contribution in [-0.2, 0) is 0 Å². The highest BCUT2D eigenvalue weighted by Gasteiger charge is 2.12. The molecule has 172 valence electrons. The minimum absolute atomic E-state index is 0.0149. The number of phenols is 2. The molecule has 0 aliphatic heterocycles. The summed E-state index contributed by atoms with van der Waals surface area (Å²) in [4.78, 5) is 9.21. The van der Waals surface area contributed by atoms with Gasteiger partial charge in [-0.3, -0.25) is 0 Å². The number of nitrogens with zero attached hydrogens (tertiary/aromatic N) is 3. The first kappa shape index (κ1) is 22.6. The van der Waals surface area contributed by atoms with E-state index in [9.17, 15) is 10.2 Å². The monoisotopic (exact) mass is 456 g/mol. The van der Waals surface area contributed by atoms with E-state index in [0.717, 1.165) is 11.1 Å². The third-order valence-corrected chi connectivity index (χ3v) is 5.28. The van der Waals surface area contributed by atoms with Gasteiger partial charge in [0.2, 0.25) is 5.95 Å². The zero-order valence-corrected chi connectivity index (χ0v) is 19.0. The van der Waals surface area contributed by atoms with Gasteiger partial charge in [0, 0.05) is 22.3 Å². The molecule has 1 heterocycles. The Labute approximate surface area is 197 Å². The number of anilines is 1. The van der Waals surface area contributed by atoms with Crippen molar-refractivity contribution < 1.29 is 19.7 Å². The van der Waals surface area contributed by atoms with Crippen LogP contribution in [0.5, 0.6) is 23.0 Å². The number of aromatic nitrogens is 2. The maximum absolute atomic E-state index is 10.2. The molecule has 0 aliphatic carbocycles. The molecule has 3 N–H and O–H groups in total. The van der Waals surface area contributed by atoms with E-state index in [4.69, 9.17) is 9.47 Å². The molecule has 0 unspecified atom stereocenters. The van der Waals surface area contributed by atoms with Crippen molar-refractivity contribution in [2.75, 3.05) is 19.6 Å². The van der Waals surface area contributed by atoms with Crippen molar-refractivity contribution in [2.24, 2.45) is 5.10 Å². The molecule has 0 radical (unpaired) electrons. The summed E-state index contributed by atoms with van der Waals surface area (Å²) >= 11 is 0. The molecular formula is C26H24N4O4. The van der Waals surface area contributed by atoms with Crippen molar-refractivity contribution in [1.29, 1.82) is 0 Å². The van der Waals surface area contributed by atoms with Crippen molar-refractivity contribution >= 4 is 12.2 Å². The van der Waals surface area contributed by atoms with Gasteiger partial charge in [0.15, 0.2) is 11.5 Å². The van der Waals surface area contributed by atoms with Crippen molar-refractivity contribution in [1.82, 2.24) is 9.97 Å². The smallest absolute Gasteiger partial charge is 0.244 e. The van der Waals surface area contributed by atoms with Crippen LogP contribution in [0.3, 0.4) is 0 Å². The topological polar surface area (TPSA) is 109 Å². The molecule has 1 aromatic heterocycles. The van der Waals surface area contributed by atoms with Gasteiger partial charge in [0.25, 0.3) is 0 Å². The molecule has 34 heavy (non-hydrogen) atoms. The third kappa shape index (κ3) is 4.75. The van der Waals surface area contributed by atoms with E-state index in [1.807, 2.05) is 54.6 Å². The van der Waals surface area contributed by atoms with Crippen LogP contribution in [0.2, 0.25) is 0 Å². The van der Waals surface area contributed by atoms with E-state index in [-0.39, 0.29) is 17.4 Å². The van der Waals surface area contributed by atoms with Crippen LogP contribution in [0.25, 0.3) is 22.5 Å². The molecule has 4 aromatic rings.